The number of nitrogens with one attached hydrogen (secondary N) is 1. The molecule has 0 amide bonds. The Morgan fingerprint density at radius 3 is 1.83 bits per heavy atom. The quantitative estimate of drug-likeness (QED) is 0.646. The van der Waals surface area contributed by atoms with Gasteiger partial charge in [-0.3, -0.25) is 4.79 Å². The van der Waals surface area contributed by atoms with Crippen molar-refractivity contribution in [2.75, 3.05) is 5.32 Å². The van der Waals surface area contributed by atoms with E-state index in [0.29, 0.717) is 0 Å². The minimum absolute atomic E-state index is 0.0626. The van der Waals surface area contributed by atoms with Gasteiger partial charge in [0, 0.05) is 11.3 Å². The molecule has 0 radical (unpaired) electrons. The summed E-state index contributed by atoms with van der Waals surface area (Å²) in [5.74, 6) is 0. The SMILES string of the molecule is Cc1cc(NC(c2ccccc2)c2ccccc2)c(C)cc1C=O. The maximum Gasteiger partial charge on any atom is 0.150 e. The zero-order valence-electron chi connectivity index (χ0n) is 14.0. The van der Waals surface area contributed by atoms with E-state index in [-0.39, 0.29) is 6.04 Å². The van der Waals surface area contributed by atoms with Crippen LogP contribution in [-0.2, 0) is 0 Å². The summed E-state index contributed by atoms with van der Waals surface area (Å²) in [7, 11) is 0. The number of hydrogen-bond acceptors (Lipinski definition) is 2. The maximum atomic E-state index is 11.1. The van der Waals surface area contributed by atoms with Crippen molar-refractivity contribution in [2.24, 2.45) is 0 Å². The van der Waals surface area contributed by atoms with Gasteiger partial charge in [-0.2, -0.15) is 0 Å². The molecule has 0 heterocycles. The molecule has 0 atom stereocenters. The van der Waals surface area contributed by atoms with Gasteiger partial charge in [0.15, 0.2) is 0 Å². The summed E-state index contributed by atoms with van der Waals surface area (Å²) in [6.07, 6.45) is 0.915. The Hall–Kier alpha value is -2.87. The third-order valence-electron chi connectivity index (χ3n) is 4.31. The molecular weight excluding hydrogens is 294 g/mol. The molecule has 0 bridgehead atoms. The second-order valence-electron chi connectivity index (χ2n) is 6.04. The normalized spacial score (nSPS) is 10.6. The van der Waals surface area contributed by atoms with E-state index in [1.807, 2.05) is 32.0 Å². The van der Waals surface area contributed by atoms with E-state index < -0.39 is 0 Å². The van der Waals surface area contributed by atoms with Crippen LogP contribution in [0, 0.1) is 13.8 Å². The zero-order valence-corrected chi connectivity index (χ0v) is 14.0. The number of anilines is 1. The van der Waals surface area contributed by atoms with E-state index in [4.69, 9.17) is 0 Å². The second kappa shape index (κ2) is 7.14. The molecular formula is C22H21NO. The van der Waals surface area contributed by atoms with Gasteiger partial charge in [-0.15, -0.1) is 0 Å². The first-order chi connectivity index (χ1) is 11.7. The highest BCUT2D eigenvalue weighted by Crippen LogP contribution is 2.29. The van der Waals surface area contributed by atoms with Gasteiger partial charge in [0.05, 0.1) is 6.04 Å². The van der Waals surface area contributed by atoms with Crippen molar-refractivity contribution in [3.05, 3.63) is 101 Å². The highest BCUT2D eigenvalue weighted by molar-refractivity contribution is 5.79. The molecule has 2 nitrogen and oxygen atoms in total. The van der Waals surface area contributed by atoms with Crippen LogP contribution in [-0.4, -0.2) is 6.29 Å². The van der Waals surface area contributed by atoms with Crippen LogP contribution >= 0.6 is 0 Å². The Labute approximate surface area is 143 Å². The predicted molar refractivity (Wildman–Crippen MR) is 99.7 cm³/mol. The summed E-state index contributed by atoms with van der Waals surface area (Å²) >= 11 is 0. The molecule has 0 aliphatic carbocycles. The average Bonchev–Trinajstić information content (AvgIpc) is 2.63. The van der Waals surface area contributed by atoms with Gasteiger partial charge in [0.25, 0.3) is 0 Å². The lowest BCUT2D eigenvalue weighted by atomic mass is 9.97. The first-order valence-corrected chi connectivity index (χ1v) is 8.12. The van der Waals surface area contributed by atoms with Gasteiger partial charge in [-0.1, -0.05) is 60.7 Å². The fourth-order valence-electron chi connectivity index (χ4n) is 2.93. The van der Waals surface area contributed by atoms with Gasteiger partial charge < -0.3 is 5.32 Å². The molecule has 3 aromatic rings. The van der Waals surface area contributed by atoms with E-state index in [9.17, 15) is 4.79 Å². The lowest BCUT2D eigenvalue weighted by molar-refractivity contribution is 0.112. The van der Waals surface area contributed by atoms with Gasteiger partial charge in [-0.25, -0.2) is 0 Å². The van der Waals surface area contributed by atoms with Gasteiger partial charge >= 0.3 is 0 Å². The first kappa shape index (κ1) is 16.0. The topological polar surface area (TPSA) is 29.1 Å². The molecule has 120 valence electrons. The summed E-state index contributed by atoms with van der Waals surface area (Å²) in [5.41, 5.74) is 6.27. The molecule has 0 fully saturated rings. The molecule has 3 aromatic carbocycles. The van der Waals surface area contributed by atoms with E-state index in [0.717, 1.165) is 28.7 Å². The van der Waals surface area contributed by atoms with Crippen molar-refractivity contribution in [1.29, 1.82) is 0 Å². The fraction of sp³-hybridized carbons (Fsp3) is 0.136. The molecule has 0 aliphatic rings. The molecule has 0 spiro atoms. The minimum atomic E-state index is 0.0626. The predicted octanol–water partition coefficient (Wildman–Crippen LogP) is 5.32. The monoisotopic (exact) mass is 315 g/mol. The second-order valence-corrected chi connectivity index (χ2v) is 6.04. The Balaban J connectivity index is 2.02. The van der Waals surface area contributed by atoms with Crippen molar-refractivity contribution in [3.63, 3.8) is 0 Å². The van der Waals surface area contributed by atoms with Crippen LogP contribution in [0.15, 0.2) is 72.8 Å². The number of carbonyl (C=O) groups excluding carboxylic acids is 1. The number of carbonyl (C=O) groups is 1. The van der Waals surface area contributed by atoms with Crippen molar-refractivity contribution in [1.82, 2.24) is 0 Å². The van der Waals surface area contributed by atoms with Crippen molar-refractivity contribution in [3.8, 4) is 0 Å². The summed E-state index contributed by atoms with van der Waals surface area (Å²) in [6, 6.07) is 24.9. The van der Waals surface area contributed by atoms with Gasteiger partial charge in [-0.05, 0) is 48.2 Å². The Morgan fingerprint density at radius 1 is 0.792 bits per heavy atom. The minimum Gasteiger partial charge on any atom is -0.374 e. The highest BCUT2D eigenvalue weighted by Gasteiger charge is 2.15. The van der Waals surface area contributed by atoms with Crippen LogP contribution in [0.5, 0.6) is 0 Å². The number of rotatable bonds is 5. The summed E-state index contributed by atoms with van der Waals surface area (Å²) < 4.78 is 0. The lowest BCUT2D eigenvalue weighted by Gasteiger charge is -2.23. The highest BCUT2D eigenvalue weighted by atomic mass is 16.1. The molecule has 24 heavy (non-hydrogen) atoms. The van der Waals surface area contributed by atoms with E-state index in [2.05, 4.69) is 59.9 Å². The summed E-state index contributed by atoms with van der Waals surface area (Å²) in [6.45, 7) is 4.00. The van der Waals surface area contributed by atoms with Crippen molar-refractivity contribution >= 4 is 12.0 Å². The van der Waals surface area contributed by atoms with Gasteiger partial charge in [0.2, 0.25) is 0 Å². The molecule has 0 unspecified atom stereocenters. The number of aryl methyl sites for hydroxylation is 2. The fourth-order valence-corrected chi connectivity index (χ4v) is 2.93. The number of hydrogen-bond donors (Lipinski definition) is 1. The standard InChI is InChI=1S/C22H21NO/c1-16-14-21(17(2)13-20(16)15-24)23-22(18-9-5-3-6-10-18)19-11-7-4-8-12-19/h3-15,22-23H,1-2H3. The van der Waals surface area contributed by atoms with Crippen molar-refractivity contribution in [2.45, 2.75) is 19.9 Å². The van der Waals surface area contributed by atoms with Crippen LogP contribution < -0.4 is 5.32 Å². The number of aldehydes is 1. The third-order valence-corrected chi connectivity index (χ3v) is 4.31. The zero-order chi connectivity index (χ0) is 16.9. The van der Waals surface area contributed by atoms with E-state index >= 15 is 0 Å². The molecule has 3 rings (SSSR count). The molecule has 0 aliphatic heterocycles. The molecule has 0 saturated carbocycles. The van der Waals surface area contributed by atoms with Crippen LogP contribution in [0.25, 0.3) is 0 Å². The first-order valence-electron chi connectivity index (χ1n) is 8.12. The Morgan fingerprint density at radius 2 is 1.33 bits per heavy atom. The smallest absolute Gasteiger partial charge is 0.150 e. The third kappa shape index (κ3) is 3.38. The molecule has 0 saturated heterocycles. The van der Waals surface area contributed by atoms with Crippen LogP contribution in [0.4, 0.5) is 5.69 Å². The van der Waals surface area contributed by atoms with Gasteiger partial charge in [0.1, 0.15) is 6.29 Å². The molecule has 2 heteroatoms. The summed E-state index contributed by atoms with van der Waals surface area (Å²) in [4.78, 5) is 11.1. The lowest BCUT2D eigenvalue weighted by Crippen LogP contribution is -2.13. The van der Waals surface area contributed by atoms with Crippen molar-refractivity contribution < 1.29 is 4.79 Å². The molecule has 0 aromatic heterocycles. The van der Waals surface area contributed by atoms with E-state index in [1.165, 1.54) is 11.1 Å². The Bertz CT molecular complexity index is 786. The molecule has 1 N–H and O–H groups in total. The maximum absolute atomic E-state index is 11.1. The van der Waals surface area contributed by atoms with E-state index in [1.54, 1.807) is 0 Å². The number of benzene rings is 3. The van der Waals surface area contributed by atoms with Crippen LogP contribution in [0.3, 0.4) is 0 Å². The van der Waals surface area contributed by atoms with Crippen LogP contribution in [0.1, 0.15) is 38.7 Å². The largest absolute Gasteiger partial charge is 0.374 e. The van der Waals surface area contributed by atoms with Crippen LogP contribution in [0.2, 0.25) is 0 Å². The average molecular weight is 315 g/mol. The Kier molecular flexibility index (Phi) is 4.76. The summed E-state index contributed by atoms with van der Waals surface area (Å²) in [5, 5.41) is 3.66.